The van der Waals surface area contributed by atoms with Crippen LogP contribution in [-0.4, -0.2) is 20.4 Å². The van der Waals surface area contributed by atoms with Crippen LogP contribution in [-0.2, 0) is 0 Å². The third kappa shape index (κ3) is 2.46. The Hall–Kier alpha value is -2.43. The topological polar surface area (TPSA) is 54.5 Å². The highest BCUT2D eigenvalue weighted by Crippen LogP contribution is 2.36. The van der Waals surface area contributed by atoms with E-state index in [9.17, 15) is 0 Å². The minimum Gasteiger partial charge on any atom is -0.259 e. The van der Waals surface area contributed by atoms with Crippen LogP contribution in [0.5, 0.6) is 0 Å². The van der Waals surface area contributed by atoms with Gasteiger partial charge in [0.25, 0.3) is 0 Å². The number of hydrogen-bond donors (Lipinski definition) is 1. The van der Waals surface area contributed by atoms with E-state index >= 15 is 0 Å². The first-order valence-corrected chi connectivity index (χ1v) is 7.71. The van der Waals surface area contributed by atoms with Crippen molar-refractivity contribution in [2.45, 2.75) is 0 Å². The maximum Gasteiger partial charge on any atom is 0.180 e. The summed E-state index contributed by atoms with van der Waals surface area (Å²) in [5, 5.41) is 17.5. The van der Waals surface area contributed by atoms with Gasteiger partial charge in [-0.1, -0.05) is 65.7 Å². The number of aromatic amines is 1. The van der Waals surface area contributed by atoms with Crippen molar-refractivity contribution in [3.05, 3.63) is 64.6 Å². The van der Waals surface area contributed by atoms with Crippen LogP contribution in [0.3, 0.4) is 0 Å². The molecule has 1 N–H and O–H groups in total. The van der Waals surface area contributed by atoms with Gasteiger partial charge in [-0.2, -0.15) is 5.10 Å². The van der Waals surface area contributed by atoms with Gasteiger partial charge < -0.3 is 0 Å². The van der Waals surface area contributed by atoms with Gasteiger partial charge in [0.05, 0.1) is 10.4 Å². The number of nitrogens with zero attached hydrogens (tertiary/aromatic N) is 3. The van der Waals surface area contributed by atoms with Crippen LogP contribution in [0.15, 0.2) is 54.6 Å². The van der Waals surface area contributed by atoms with E-state index in [0.717, 1.165) is 16.5 Å². The maximum absolute atomic E-state index is 6.62. The minimum absolute atomic E-state index is 0.518. The molecule has 0 bridgehead atoms. The molecule has 0 amide bonds. The summed E-state index contributed by atoms with van der Waals surface area (Å²) in [4.78, 5) is 0. The third-order valence-corrected chi connectivity index (χ3v) is 4.17. The molecule has 0 atom stereocenters. The second-order valence-corrected chi connectivity index (χ2v) is 5.85. The van der Waals surface area contributed by atoms with E-state index in [1.807, 2.05) is 54.6 Å². The first kappa shape index (κ1) is 14.2. The quantitative estimate of drug-likeness (QED) is 0.559. The highest BCUT2D eigenvalue weighted by molar-refractivity contribution is 6.38. The van der Waals surface area contributed by atoms with Gasteiger partial charge >= 0.3 is 0 Å². The lowest BCUT2D eigenvalue weighted by molar-refractivity contribution is 1.03. The zero-order chi connectivity index (χ0) is 15.8. The van der Waals surface area contributed by atoms with E-state index in [2.05, 4.69) is 20.4 Å². The van der Waals surface area contributed by atoms with Crippen molar-refractivity contribution in [1.29, 1.82) is 0 Å². The Morgan fingerprint density at radius 1 is 0.783 bits per heavy atom. The number of halogens is 2. The van der Waals surface area contributed by atoms with E-state index in [4.69, 9.17) is 23.2 Å². The van der Waals surface area contributed by atoms with Crippen LogP contribution < -0.4 is 0 Å². The number of rotatable bonds is 2. The van der Waals surface area contributed by atoms with Crippen LogP contribution in [0, 0.1) is 0 Å². The van der Waals surface area contributed by atoms with Gasteiger partial charge in [-0.25, -0.2) is 0 Å². The molecule has 4 aromatic rings. The van der Waals surface area contributed by atoms with E-state index in [-0.39, 0.29) is 0 Å². The molecule has 2 aromatic carbocycles. The Kier molecular flexibility index (Phi) is 3.48. The molecule has 112 valence electrons. The molecule has 0 aliphatic heterocycles. The molecule has 0 fully saturated rings. The number of benzene rings is 2. The summed E-state index contributed by atoms with van der Waals surface area (Å²) in [6, 6.07) is 17.2. The first-order chi connectivity index (χ1) is 11.2. The average Bonchev–Trinajstić information content (AvgIpc) is 3.01. The smallest absolute Gasteiger partial charge is 0.180 e. The highest BCUT2D eigenvalue weighted by atomic mass is 35.5. The van der Waals surface area contributed by atoms with Gasteiger partial charge in [0.15, 0.2) is 5.65 Å². The Morgan fingerprint density at radius 3 is 2.35 bits per heavy atom. The SMILES string of the molecule is Clc1cccc(-c2n[nH]c3nnc(-c4ccccc4)c(Cl)c23)c1. The van der Waals surface area contributed by atoms with Crippen molar-refractivity contribution >= 4 is 34.2 Å². The van der Waals surface area contributed by atoms with Crippen LogP contribution in [0.1, 0.15) is 0 Å². The Bertz CT molecular complexity index is 996. The molecule has 2 heterocycles. The molecule has 0 aliphatic rings. The zero-order valence-corrected chi connectivity index (χ0v) is 13.3. The monoisotopic (exact) mass is 340 g/mol. The normalized spacial score (nSPS) is 11.0. The Balaban J connectivity index is 1.98. The first-order valence-electron chi connectivity index (χ1n) is 6.95. The molecule has 23 heavy (non-hydrogen) atoms. The van der Waals surface area contributed by atoms with Crippen LogP contribution in [0.25, 0.3) is 33.5 Å². The lowest BCUT2D eigenvalue weighted by Crippen LogP contribution is -1.91. The molecule has 6 heteroatoms. The van der Waals surface area contributed by atoms with Crippen molar-refractivity contribution in [3.63, 3.8) is 0 Å². The molecule has 4 rings (SSSR count). The summed E-state index contributed by atoms with van der Waals surface area (Å²) in [5.74, 6) is 0. The predicted molar refractivity (Wildman–Crippen MR) is 92.6 cm³/mol. The molecular weight excluding hydrogens is 331 g/mol. The number of aromatic nitrogens is 4. The predicted octanol–water partition coefficient (Wildman–Crippen LogP) is 4.99. The number of nitrogens with one attached hydrogen (secondary N) is 1. The largest absolute Gasteiger partial charge is 0.259 e. The fourth-order valence-electron chi connectivity index (χ4n) is 2.50. The zero-order valence-electron chi connectivity index (χ0n) is 11.8. The molecule has 4 nitrogen and oxygen atoms in total. The van der Waals surface area contributed by atoms with Gasteiger partial charge in [0.2, 0.25) is 0 Å². The van der Waals surface area contributed by atoms with Gasteiger partial charge in [0.1, 0.15) is 11.4 Å². The van der Waals surface area contributed by atoms with E-state index in [1.165, 1.54) is 0 Å². The lowest BCUT2D eigenvalue weighted by atomic mass is 10.1. The standard InChI is InChI=1S/C17H10Cl2N4/c18-12-8-4-7-11(9-12)15-13-14(19)16(10-5-2-1-3-6-10)21-23-17(13)22-20-15/h1-9H,(H,20,22,23). The van der Waals surface area contributed by atoms with Gasteiger partial charge in [-0.3, -0.25) is 5.10 Å². The highest BCUT2D eigenvalue weighted by Gasteiger charge is 2.17. The Labute approximate surface area is 142 Å². The molecule has 0 aliphatic carbocycles. The summed E-state index contributed by atoms with van der Waals surface area (Å²) in [6.07, 6.45) is 0. The van der Waals surface area contributed by atoms with Crippen molar-refractivity contribution in [1.82, 2.24) is 20.4 Å². The molecule has 0 spiro atoms. The van der Waals surface area contributed by atoms with Crippen LogP contribution >= 0.6 is 23.2 Å². The third-order valence-electron chi connectivity index (χ3n) is 3.57. The molecule has 0 unspecified atom stereocenters. The second kappa shape index (κ2) is 5.65. The summed E-state index contributed by atoms with van der Waals surface area (Å²) < 4.78 is 0. The molecule has 0 saturated carbocycles. The van der Waals surface area contributed by atoms with Crippen molar-refractivity contribution in [3.8, 4) is 22.5 Å². The lowest BCUT2D eigenvalue weighted by Gasteiger charge is -2.05. The van der Waals surface area contributed by atoms with Crippen molar-refractivity contribution in [2.24, 2.45) is 0 Å². The van der Waals surface area contributed by atoms with E-state index < -0.39 is 0 Å². The fourth-order valence-corrected chi connectivity index (χ4v) is 3.02. The van der Waals surface area contributed by atoms with Crippen LogP contribution in [0.2, 0.25) is 10.0 Å². The number of hydrogen-bond acceptors (Lipinski definition) is 3. The molecule has 0 saturated heterocycles. The summed E-state index contributed by atoms with van der Waals surface area (Å²) in [5.41, 5.74) is 3.66. The van der Waals surface area contributed by atoms with Gasteiger partial charge in [0, 0.05) is 16.1 Å². The summed E-state index contributed by atoms with van der Waals surface area (Å²) >= 11 is 12.7. The Morgan fingerprint density at radius 2 is 1.57 bits per heavy atom. The molecule has 2 aromatic heterocycles. The van der Waals surface area contributed by atoms with E-state index in [0.29, 0.717) is 27.1 Å². The van der Waals surface area contributed by atoms with Crippen molar-refractivity contribution in [2.75, 3.05) is 0 Å². The maximum atomic E-state index is 6.62. The van der Waals surface area contributed by atoms with Crippen LogP contribution in [0.4, 0.5) is 0 Å². The number of fused-ring (bicyclic) bond motifs is 1. The summed E-state index contributed by atoms with van der Waals surface area (Å²) in [7, 11) is 0. The number of H-pyrrole nitrogens is 1. The average molecular weight is 341 g/mol. The molecule has 0 radical (unpaired) electrons. The summed E-state index contributed by atoms with van der Waals surface area (Å²) in [6.45, 7) is 0. The van der Waals surface area contributed by atoms with E-state index in [1.54, 1.807) is 0 Å². The second-order valence-electron chi connectivity index (χ2n) is 5.03. The van der Waals surface area contributed by atoms with Gasteiger partial charge in [-0.15, -0.1) is 10.2 Å². The molecular formula is C17H10Cl2N4. The van der Waals surface area contributed by atoms with Crippen molar-refractivity contribution < 1.29 is 0 Å². The van der Waals surface area contributed by atoms with Gasteiger partial charge in [-0.05, 0) is 12.1 Å². The minimum atomic E-state index is 0.518. The fraction of sp³-hybridized carbons (Fsp3) is 0.